The second kappa shape index (κ2) is 8.81. The van der Waals surface area contributed by atoms with Crippen LogP contribution in [0.5, 0.6) is 0 Å². The first-order valence-corrected chi connectivity index (χ1v) is 10.3. The number of morpholine rings is 1. The summed E-state index contributed by atoms with van der Waals surface area (Å²) in [4.78, 5) is 23.0. The number of nitrogens with one attached hydrogen (secondary N) is 1. The summed E-state index contributed by atoms with van der Waals surface area (Å²) in [6, 6.07) is 6.00. The number of amides is 1. The van der Waals surface area contributed by atoms with E-state index in [-0.39, 0.29) is 23.6 Å². The van der Waals surface area contributed by atoms with Crippen LogP contribution in [0.1, 0.15) is 29.9 Å². The van der Waals surface area contributed by atoms with Crippen LogP contribution in [0, 0.1) is 0 Å². The number of aryl methyl sites for hydroxylation is 1. The maximum Gasteiger partial charge on any atom is 0.419 e. The zero-order valence-electron chi connectivity index (χ0n) is 18.3. The van der Waals surface area contributed by atoms with Gasteiger partial charge >= 0.3 is 6.18 Å². The van der Waals surface area contributed by atoms with E-state index < -0.39 is 17.6 Å². The van der Waals surface area contributed by atoms with Crippen molar-refractivity contribution in [2.45, 2.75) is 32.2 Å². The Balaban J connectivity index is 1.64. The van der Waals surface area contributed by atoms with Crippen molar-refractivity contribution in [3.8, 4) is 11.3 Å². The van der Waals surface area contributed by atoms with Crippen LogP contribution in [0.3, 0.4) is 0 Å². The van der Waals surface area contributed by atoms with Gasteiger partial charge in [0.1, 0.15) is 11.5 Å². The number of halogens is 3. The lowest BCUT2D eigenvalue weighted by Gasteiger charge is -2.36. The standard InChI is InChI=1S/C22H23F3N6O2/c1-13-10-31(11-14(2)33-13)20-7-19(16(9-26-20)22(23,24)25)29-21(32)18-6-4-5-17(28-18)15-8-27-30(3)12-15/h4-9,12-14H,10-11H2,1-3H3,(H,26,29,32)/t13-,14+. The highest BCUT2D eigenvalue weighted by Gasteiger charge is 2.35. The van der Waals surface area contributed by atoms with Gasteiger partial charge in [-0.2, -0.15) is 18.3 Å². The first-order valence-electron chi connectivity index (χ1n) is 10.3. The molecule has 1 aliphatic rings. The lowest BCUT2D eigenvalue weighted by atomic mass is 10.1. The van der Waals surface area contributed by atoms with E-state index in [1.165, 1.54) is 12.1 Å². The second-order valence-corrected chi connectivity index (χ2v) is 8.01. The molecule has 0 saturated carbocycles. The second-order valence-electron chi connectivity index (χ2n) is 8.01. The fraction of sp³-hybridized carbons (Fsp3) is 0.364. The molecule has 1 amide bonds. The minimum atomic E-state index is -4.69. The SMILES string of the molecule is C[C@@H]1CN(c2cc(NC(=O)c3cccc(-c4cnn(C)c4)n3)c(C(F)(F)F)cn2)C[C@H](C)O1. The Hall–Kier alpha value is -3.47. The van der Waals surface area contributed by atoms with Crippen LogP contribution < -0.4 is 10.2 Å². The van der Waals surface area contributed by atoms with Gasteiger partial charge in [0.05, 0.1) is 35.3 Å². The molecule has 3 aromatic heterocycles. The molecule has 8 nitrogen and oxygen atoms in total. The average Bonchev–Trinajstić information content (AvgIpc) is 3.18. The number of hydrogen-bond acceptors (Lipinski definition) is 6. The summed E-state index contributed by atoms with van der Waals surface area (Å²) in [5.74, 6) is -0.426. The molecule has 0 radical (unpaired) electrons. The van der Waals surface area contributed by atoms with Crippen molar-refractivity contribution in [2.24, 2.45) is 7.05 Å². The topological polar surface area (TPSA) is 85.2 Å². The van der Waals surface area contributed by atoms with Crippen molar-refractivity contribution >= 4 is 17.4 Å². The summed E-state index contributed by atoms with van der Waals surface area (Å²) in [6.45, 7) is 4.72. The van der Waals surface area contributed by atoms with Gasteiger partial charge < -0.3 is 15.0 Å². The molecule has 1 aliphatic heterocycles. The molecule has 1 fully saturated rings. The van der Waals surface area contributed by atoms with Crippen LogP contribution in [0.4, 0.5) is 24.7 Å². The summed E-state index contributed by atoms with van der Waals surface area (Å²) in [6.07, 6.45) is -0.832. The molecule has 0 spiro atoms. The molecule has 3 aromatic rings. The van der Waals surface area contributed by atoms with E-state index in [1.54, 1.807) is 36.3 Å². The van der Waals surface area contributed by atoms with Crippen molar-refractivity contribution in [2.75, 3.05) is 23.3 Å². The van der Waals surface area contributed by atoms with Crippen molar-refractivity contribution in [1.29, 1.82) is 0 Å². The van der Waals surface area contributed by atoms with Gasteiger partial charge in [-0.3, -0.25) is 9.48 Å². The van der Waals surface area contributed by atoms with Gasteiger partial charge in [0.25, 0.3) is 5.91 Å². The van der Waals surface area contributed by atoms with E-state index in [2.05, 4.69) is 20.4 Å². The number of carbonyl (C=O) groups is 1. The van der Waals surface area contributed by atoms with Crippen LogP contribution in [-0.4, -0.2) is 51.0 Å². The number of carbonyl (C=O) groups excluding carboxylic acids is 1. The van der Waals surface area contributed by atoms with Gasteiger partial charge in [0.15, 0.2) is 0 Å². The molecule has 0 aliphatic carbocycles. The summed E-state index contributed by atoms with van der Waals surface area (Å²) < 4.78 is 48.2. The third-order valence-electron chi connectivity index (χ3n) is 5.17. The molecule has 11 heteroatoms. The Morgan fingerprint density at radius 1 is 1.18 bits per heavy atom. The number of aromatic nitrogens is 4. The molecule has 0 bridgehead atoms. The molecule has 4 rings (SSSR count). The summed E-state index contributed by atoms with van der Waals surface area (Å²) in [7, 11) is 1.75. The highest BCUT2D eigenvalue weighted by atomic mass is 19.4. The van der Waals surface area contributed by atoms with Crippen molar-refractivity contribution in [3.63, 3.8) is 0 Å². The van der Waals surface area contributed by atoms with Crippen LogP contribution in [0.25, 0.3) is 11.3 Å². The number of alkyl halides is 3. The Morgan fingerprint density at radius 3 is 2.55 bits per heavy atom. The molecular formula is C22H23F3N6O2. The summed E-state index contributed by atoms with van der Waals surface area (Å²) in [5.41, 5.74) is -0.255. The monoisotopic (exact) mass is 460 g/mol. The van der Waals surface area contributed by atoms with Gasteiger partial charge in [-0.05, 0) is 26.0 Å². The zero-order chi connectivity index (χ0) is 23.8. The number of anilines is 2. The zero-order valence-corrected chi connectivity index (χ0v) is 18.3. The molecule has 4 heterocycles. The normalized spacial score (nSPS) is 18.9. The molecule has 1 N–H and O–H groups in total. The van der Waals surface area contributed by atoms with E-state index >= 15 is 0 Å². The first kappa shape index (κ1) is 22.7. The van der Waals surface area contributed by atoms with E-state index in [0.29, 0.717) is 30.2 Å². The number of ether oxygens (including phenoxy) is 1. The summed E-state index contributed by atoms with van der Waals surface area (Å²) in [5, 5.41) is 6.45. The number of hydrogen-bond donors (Lipinski definition) is 1. The van der Waals surface area contributed by atoms with Gasteiger partial charge in [-0.25, -0.2) is 9.97 Å². The van der Waals surface area contributed by atoms with Crippen LogP contribution >= 0.6 is 0 Å². The molecule has 174 valence electrons. The molecule has 2 atom stereocenters. The number of nitrogens with zero attached hydrogens (tertiary/aromatic N) is 5. The Morgan fingerprint density at radius 2 is 1.91 bits per heavy atom. The third-order valence-corrected chi connectivity index (χ3v) is 5.17. The van der Waals surface area contributed by atoms with Gasteiger partial charge in [-0.1, -0.05) is 6.07 Å². The fourth-order valence-electron chi connectivity index (χ4n) is 3.77. The van der Waals surface area contributed by atoms with E-state index in [1.807, 2.05) is 18.7 Å². The first-order chi connectivity index (χ1) is 15.6. The predicted molar refractivity (Wildman–Crippen MR) is 116 cm³/mol. The quantitative estimate of drug-likeness (QED) is 0.638. The lowest BCUT2D eigenvalue weighted by molar-refractivity contribution is -0.137. The smallest absolute Gasteiger partial charge is 0.372 e. The maximum atomic E-state index is 13.6. The Bertz CT molecular complexity index is 1150. The minimum Gasteiger partial charge on any atom is -0.372 e. The van der Waals surface area contributed by atoms with E-state index in [0.717, 1.165) is 6.20 Å². The predicted octanol–water partition coefficient (Wildman–Crippen LogP) is 3.76. The Kier molecular flexibility index (Phi) is 6.07. The highest BCUT2D eigenvalue weighted by molar-refractivity contribution is 6.03. The maximum absolute atomic E-state index is 13.6. The number of pyridine rings is 2. The van der Waals surface area contributed by atoms with Crippen molar-refractivity contribution in [3.05, 3.63) is 54.1 Å². The van der Waals surface area contributed by atoms with Crippen LogP contribution in [-0.2, 0) is 18.0 Å². The van der Waals surface area contributed by atoms with E-state index in [4.69, 9.17) is 4.74 Å². The van der Waals surface area contributed by atoms with Gasteiger partial charge in [0.2, 0.25) is 0 Å². The van der Waals surface area contributed by atoms with Crippen LogP contribution in [0.15, 0.2) is 42.9 Å². The highest BCUT2D eigenvalue weighted by Crippen LogP contribution is 2.36. The minimum absolute atomic E-state index is 0.0172. The number of rotatable bonds is 4. The molecular weight excluding hydrogens is 437 g/mol. The fourth-order valence-corrected chi connectivity index (χ4v) is 3.77. The summed E-state index contributed by atoms with van der Waals surface area (Å²) >= 11 is 0. The third kappa shape index (κ3) is 5.14. The van der Waals surface area contributed by atoms with Crippen molar-refractivity contribution < 1.29 is 22.7 Å². The van der Waals surface area contributed by atoms with Gasteiger partial charge in [-0.15, -0.1) is 0 Å². The molecule has 33 heavy (non-hydrogen) atoms. The van der Waals surface area contributed by atoms with Crippen LogP contribution in [0.2, 0.25) is 0 Å². The largest absolute Gasteiger partial charge is 0.419 e. The van der Waals surface area contributed by atoms with Crippen molar-refractivity contribution in [1.82, 2.24) is 19.7 Å². The van der Waals surface area contributed by atoms with Gasteiger partial charge in [0, 0.05) is 44.2 Å². The lowest BCUT2D eigenvalue weighted by Crippen LogP contribution is -2.45. The van der Waals surface area contributed by atoms with E-state index in [9.17, 15) is 18.0 Å². The Labute approximate surface area is 188 Å². The molecule has 1 saturated heterocycles. The average molecular weight is 460 g/mol. The molecule has 0 unspecified atom stereocenters. The molecule has 0 aromatic carbocycles.